The highest BCUT2D eigenvalue weighted by Crippen LogP contribution is 2.24. The molecule has 1 aliphatic heterocycles. The minimum atomic E-state index is -0.390. The number of anilines is 1. The van der Waals surface area contributed by atoms with E-state index < -0.39 is 0 Å². The molecule has 2 unspecified atom stereocenters. The van der Waals surface area contributed by atoms with Gasteiger partial charge >= 0.3 is 0 Å². The molecular formula is C16H17BrN2O2. The van der Waals surface area contributed by atoms with Crippen molar-refractivity contribution in [2.45, 2.75) is 25.0 Å². The smallest absolute Gasteiger partial charge is 0.253 e. The van der Waals surface area contributed by atoms with Gasteiger partial charge in [-0.3, -0.25) is 4.79 Å². The van der Waals surface area contributed by atoms with Gasteiger partial charge in [-0.05, 0) is 47.9 Å². The molecule has 4 nitrogen and oxygen atoms in total. The largest absolute Gasteiger partial charge is 0.364 e. The van der Waals surface area contributed by atoms with E-state index in [4.69, 9.17) is 10.5 Å². The second kappa shape index (κ2) is 6.13. The van der Waals surface area contributed by atoms with Crippen molar-refractivity contribution < 1.29 is 9.53 Å². The van der Waals surface area contributed by atoms with Crippen LogP contribution in [-0.4, -0.2) is 24.7 Å². The second-order valence-electron chi connectivity index (χ2n) is 5.26. The van der Waals surface area contributed by atoms with Crippen LogP contribution in [0.3, 0.4) is 0 Å². The first-order chi connectivity index (χ1) is 10.2. The number of halogens is 1. The maximum absolute atomic E-state index is 12.2. The number of ether oxygens (including phenoxy) is 1. The van der Waals surface area contributed by atoms with Crippen molar-refractivity contribution in [3.8, 4) is 0 Å². The quantitative estimate of drug-likeness (QED) is 0.895. The number of nitrogens with two attached hydrogens (primary N) is 1. The molecule has 21 heavy (non-hydrogen) atoms. The Morgan fingerprint density at radius 3 is 2.76 bits per heavy atom. The Morgan fingerprint density at radius 2 is 2.00 bits per heavy atom. The highest BCUT2D eigenvalue weighted by atomic mass is 79.9. The maximum Gasteiger partial charge on any atom is 0.253 e. The normalized spacial score (nSPS) is 21.6. The molecule has 5 heteroatoms. The lowest BCUT2D eigenvalue weighted by molar-refractivity contribution is -0.126. The predicted octanol–water partition coefficient (Wildman–Crippen LogP) is 3.05. The van der Waals surface area contributed by atoms with Gasteiger partial charge in [-0.15, -0.1) is 0 Å². The van der Waals surface area contributed by atoms with E-state index in [1.54, 1.807) is 0 Å². The molecule has 0 bridgehead atoms. The second-order valence-corrected chi connectivity index (χ2v) is 6.17. The van der Waals surface area contributed by atoms with Crippen LogP contribution in [0.1, 0.15) is 12.8 Å². The summed E-state index contributed by atoms with van der Waals surface area (Å²) in [5.41, 5.74) is 6.35. The van der Waals surface area contributed by atoms with E-state index >= 15 is 0 Å². The fourth-order valence-corrected chi connectivity index (χ4v) is 2.97. The number of benzene rings is 2. The minimum absolute atomic E-state index is 0.00898. The number of carbonyl (C=O) groups is 1. The van der Waals surface area contributed by atoms with Gasteiger partial charge in [0.25, 0.3) is 5.91 Å². The molecule has 0 aromatic heterocycles. The van der Waals surface area contributed by atoms with Crippen molar-refractivity contribution in [3.05, 3.63) is 40.9 Å². The number of fused-ring (bicyclic) bond motifs is 1. The van der Waals surface area contributed by atoms with Crippen LogP contribution in [0.25, 0.3) is 10.8 Å². The van der Waals surface area contributed by atoms with E-state index in [9.17, 15) is 4.79 Å². The van der Waals surface area contributed by atoms with Gasteiger partial charge in [-0.1, -0.05) is 28.1 Å². The molecule has 1 amide bonds. The number of amides is 1. The van der Waals surface area contributed by atoms with E-state index in [1.165, 1.54) is 0 Å². The first-order valence-corrected chi connectivity index (χ1v) is 7.81. The Morgan fingerprint density at radius 1 is 1.24 bits per heavy atom. The summed E-state index contributed by atoms with van der Waals surface area (Å²) in [6.07, 6.45) is 1.20. The first-order valence-electron chi connectivity index (χ1n) is 7.01. The third-order valence-corrected chi connectivity index (χ3v) is 4.23. The number of carbonyl (C=O) groups excluding carboxylic acids is 1. The van der Waals surface area contributed by atoms with Crippen LogP contribution >= 0.6 is 15.9 Å². The molecule has 1 fully saturated rings. The summed E-state index contributed by atoms with van der Waals surface area (Å²) in [6.45, 7) is 0.467. The summed E-state index contributed by atoms with van der Waals surface area (Å²) in [6, 6.07) is 11.9. The standard InChI is InChI=1S/C16H17BrN2O2/c17-12-3-1-11-8-13(4-2-10(11)7-12)19-16(20)15-6-5-14(9-18)21-15/h1-4,7-8,14-15H,5-6,9,18H2,(H,19,20). The Bertz CT molecular complexity index is 674. The van der Waals surface area contributed by atoms with E-state index in [0.717, 1.165) is 33.8 Å². The van der Waals surface area contributed by atoms with Crippen LogP contribution in [0.5, 0.6) is 0 Å². The third-order valence-electron chi connectivity index (χ3n) is 3.73. The Labute approximate surface area is 131 Å². The highest BCUT2D eigenvalue weighted by molar-refractivity contribution is 9.10. The molecule has 0 saturated carbocycles. The zero-order chi connectivity index (χ0) is 14.8. The summed E-state index contributed by atoms with van der Waals surface area (Å²) in [7, 11) is 0. The molecule has 0 spiro atoms. The molecule has 0 radical (unpaired) electrons. The Hall–Kier alpha value is -1.43. The maximum atomic E-state index is 12.2. The highest BCUT2D eigenvalue weighted by Gasteiger charge is 2.29. The average molecular weight is 349 g/mol. The SMILES string of the molecule is NCC1CCC(C(=O)Nc2ccc3cc(Br)ccc3c2)O1. The fourth-order valence-electron chi connectivity index (χ4n) is 2.59. The molecule has 1 heterocycles. The van der Waals surface area contributed by atoms with Crippen LogP contribution < -0.4 is 11.1 Å². The van der Waals surface area contributed by atoms with Gasteiger partial charge in [0.05, 0.1) is 6.10 Å². The molecule has 0 aliphatic carbocycles. The summed E-state index contributed by atoms with van der Waals surface area (Å²) in [4.78, 5) is 12.2. The summed E-state index contributed by atoms with van der Waals surface area (Å²) >= 11 is 3.45. The van der Waals surface area contributed by atoms with Crippen molar-refractivity contribution in [2.24, 2.45) is 5.73 Å². The molecule has 2 aromatic carbocycles. The van der Waals surface area contributed by atoms with Crippen molar-refractivity contribution >= 4 is 38.3 Å². The Kier molecular flexibility index (Phi) is 4.24. The van der Waals surface area contributed by atoms with Gasteiger partial charge in [-0.2, -0.15) is 0 Å². The van der Waals surface area contributed by atoms with Crippen molar-refractivity contribution in [1.29, 1.82) is 0 Å². The number of hydrogen-bond donors (Lipinski definition) is 2. The van der Waals surface area contributed by atoms with Crippen LogP contribution in [0.2, 0.25) is 0 Å². The van der Waals surface area contributed by atoms with Crippen molar-refractivity contribution in [2.75, 3.05) is 11.9 Å². The molecule has 2 atom stereocenters. The zero-order valence-electron chi connectivity index (χ0n) is 11.5. The van der Waals surface area contributed by atoms with Crippen molar-refractivity contribution in [3.63, 3.8) is 0 Å². The minimum Gasteiger partial charge on any atom is -0.364 e. The van der Waals surface area contributed by atoms with E-state index in [2.05, 4.69) is 21.2 Å². The summed E-state index contributed by atoms with van der Waals surface area (Å²) in [5, 5.41) is 5.13. The average Bonchev–Trinajstić information content (AvgIpc) is 2.96. The lowest BCUT2D eigenvalue weighted by Crippen LogP contribution is -2.29. The van der Waals surface area contributed by atoms with Gasteiger partial charge in [0.2, 0.25) is 0 Å². The topological polar surface area (TPSA) is 64.4 Å². The molecular weight excluding hydrogens is 332 g/mol. The van der Waals surface area contributed by atoms with Crippen LogP contribution in [0, 0.1) is 0 Å². The molecule has 1 saturated heterocycles. The number of rotatable bonds is 3. The molecule has 110 valence electrons. The fraction of sp³-hybridized carbons (Fsp3) is 0.312. The van der Waals surface area contributed by atoms with Gasteiger partial charge in [-0.25, -0.2) is 0 Å². The van der Waals surface area contributed by atoms with E-state index in [0.29, 0.717) is 6.54 Å². The lowest BCUT2D eigenvalue weighted by atomic mass is 10.1. The van der Waals surface area contributed by atoms with Crippen LogP contribution in [0.4, 0.5) is 5.69 Å². The number of nitrogens with one attached hydrogen (secondary N) is 1. The van der Waals surface area contributed by atoms with E-state index in [1.807, 2.05) is 36.4 Å². The van der Waals surface area contributed by atoms with Crippen molar-refractivity contribution in [1.82, 2.24) is 0 Å². The monoisotopic (exact) mass is 348 g/mol. The number of hydrogen-bond acceptors (Lipinski definition) is 3. The van der Waals surface area contributed by atoms with Gasteiger partial charge in [0.15, 0.2) is 0 Å². The molecule has 2 aromatic rings. The molecule has 3 N–H and O–H groups in total. The predicted molar refractivity (Wildman–Crippen MR) is 87.2 cm³/mol. The van der Waals surface area contributed by atoms with E-state index in [-0.39, 0.29) is 18.1 Å². The van der Waals surface area contributed by atoms with Crippen LogP contribution in [0.15, 0.2) is 40.9 Å². The third kappa shape index (κ3) is 3.26. The van der Waals surface area contributed by atoms with Gasteiger partial charge in [0, 0.05) is 16.7 Å². The first kappa shape index (κ1) is 14.5. The summed E-state index contributed by atoms with van der Waals surface area (Å²) in [5.74, 6) is -0.0950. The zero-order valence-corrected chi connectivity index (χ0v) is 13.1. The Balaban J connectivity index is 1.73. The van der Waals surface area contributed by atoms with Crippen LogP contribution in [-0.2, 0) is 9.53 Å². The van der Waals surface area contributed by atoms with Gasteiger partial charge in [0.1, 0.15) is 6.10 Å². The molecule has 3 rings (SSSR count). The van der Waals surface area contributed by atoms with Gasteiger partial charge < -0.3 is 15.8 Å². The summed E-state index contributed by atoms with van der Waals surface area (Å²) < 4.78 is 6.65. The molecule has 1 aliphatic rings. The lowest BCUT2D eigenvalue weighted by Gasteiger charge is -2.13.